The molecule has 0 unspecified atom stereocenters. The molecule has 0 N–H and O–H groups in total. The summed E-state index contributed by atoms with van der Waals surface area (Å²) in [5.41, 5.74) is 4.16. The van der Waals surface area contributed by atoms with Gasteiger partial charge in [0.1, 0.15) is 5.82 Å². The first-order valence-corrected chi connectivity index (χ1v) is 8.47. The van der Waals surface area contributed by atoms with Gasteiger partial charge in [-0.25, -0.2) is 8.78 Å². The van der Waals surface area contributed by atoms with Crippen LogP contribution in [0.2, 0.25) is 0 Å². The lowest BCUT2D eigenvalue weighted by Crippen LogP contribution is -1.99. The summed E-state index contributed by atoms with van der Waals surface area (Å²) in [6, 6.07) is 13.6. The van der Waals surface area contributed by atoms with Gasteiger partial charge in [-0.3, -0.25) is 4.99 Å². The number of benzene rings is 2. The molecule has 0 aliphatic rings. The number of aliphatic imine (C=N–C) groups is 1. The van der Waals surface area contributed by atoms with E-state index in [1.54, 1.807) is 6.21 Å². The Morgan fingerprint density at radius 3 is 2.38 bits per heavy atom. The van der Waals surface area contributed by atoms with E-state index in [0.29, 0.717) is 0 Å². The fraction of sp³-hybridized carbons (Fsp3) is 0.105. The highest BCUT2D eigenvalue weighted by Gasteiger charge is 2.10. The lowest BCUT2D eigenvalue weighted by atomic mass is 10.2. The van der Waals surface area contributed by atoms with Crippen LogP contribution in [0.4, 0.5) is 14.5 Å². The van der Waals surface area contributed by atoms with Crippen molar-refractivity contribution in [2.24, 2.45) is 4.99 Å². The summed E-state index contributed by atoms with van der Waals surface area (Å²) in [4.78, 5) is 4.16. The molecule has 0 saturated carbocycles. The standard InChI is InChI=1S/C19H15F2IN2/c1-12-9-14(11-23-19-8-3-15(20)10-18(19)21)13(2)24(12)17-6-4-16(22)5-7-17/h3-11H,1-2H3. The average Bonchev–Trinajstić information content (AvgIpc) is 2.82. The highest BCUT2D eigenvalue weighted by molar-refractivity contribution is 14.1. The second kappa shape index (κ2) is 6.84. The molecule has 5 heteroatoms. The van der Waals surface area contributed by atoms with E-state index >= 15 is 0 Å². The molecule has 3 aromatic rings. The first kappa shape index (κ1) is 16.8. The van der Waals surface area contributed by atoms with Gasteiger partial charge < -0.3 is 4.57 Å². The Bertz CT molecular complexity index is 912. The Morgan fingerprint density at radius 1 is 1.00 bits per heavy atom. The van der Waals surface area contributed by atoms with Gasteiger partial charge in [-0.2, -0.15) is 0 Å². The minimum atomic E-state index is -0.669. The zero-order valence-electron chi connectivity index (χ0n) is 13.2. The summed E-state index contributed by atoms with van der Waals surface area (Å²) >= 11 is 2.27. The number of nitrogens with zero attached hydrogens (tertiary/aromatic N) is 2. The van der Waals surface area contributed by atoms with Crippen LogP contribution in [0.5, 0.6) is 0 Å². The van der Waals surface area contributed by atoms with Crippen LogP contribution in [-0.2, 0) is 0 Å². The van der Waals surface area contributed by atoms with Crippen molar-refractivity contribution in [2.75, 3.05) is 0 Å². The molecule has 0 aliphatic heterocycles. The van der Waals surface area contributed by atoms with Crippen molar-refractivity contribution in [3.05, 3.63) is 80.7 Å². The van der Waals surface area contributed by atoms with Crippen LogP contribution in [0.15, 0.2) is 53.5 Å². The molecule has 1 aromatic heterocycles. The van der Waals surface area contributed by atoms with Gasteiger partial charge in [-0.15, -0.1) is 0 Å². The second-order valence-corrected chi connectivity index (χ2v) is 6.74. The Labute approximate surface area is 153 Å². The zero-order chi connectivity index (χ0) is 17.3. The molecular formula is C19H15F2IN2. The molecular weight excluding hydrogens is 421 g/mol. The monoisotopic (exact) mass is 436 g/mol. The quantitative estimate of drug-likeness (QED) is 0.369. The first-order valence-electron chi connectivity index (χ1n) is 7.39. The summed E-state index contributed by atoms with van der Waals surface area (Å²) in [6.45, 7) is 4.01. The SMILES string of the molecule is Cc1cc(C=Nc2ccc(F)cc2F)c(C)n1-c1ccc(I)cc1. The van der Waals surface area contributed by atoms with E-state index in [-0.39, 0.29) is 5.69 Å². The molecule has 0 amide bonds. The third-order valence-electron chi connectivity index (χ3n) is 3.81. The van der Waals surface area contributed by atoms with Gasteiger partial charge in [-0.05, 0) is 78.9 Å². The number of halogens is 3. The van der Waals surface area contributed by atoms with Gasteiger partial charge in [-0.1, -0.05) is 0 Å². The molecule has 0 fully saturated rings. The molecule has 122 valence electrons. The molecule has 0 spiro atoms. The number of rotatable bonds is 3. The predicted molar refractivity (Wildman–Crippen MR) is 102 cm³/mol. The minimum Gasteiger partial charge on any atom is -0.318 e. The van der Waals surface area contributed by atoms with Crippen LogP contribution in [0.1, 0.15) is 17.0 Å². The fourth-order valence-corrected chi connectivity index (χ4v) is 2.99. The van der Waals surface area contributed by atoms with Crippen LogP contribution in [0, 0.1) is 29.1 Å². The Hall–Kier alpha value is -2.02. The molecule has 1 heterocycles. The first-order chi connectivity index (χ1) is 11.5. The van der Waals surface area contributed by atoms with Crippen molar-refractivity contribution >= 4 is 34.5 Å². The summed E-state index contributed by atoms with van der Waals surface area (Å²) in [6.07, 6.45) is 1.61. The molecule has 0 saturated heterocycles. The summed E-state index contributed by atoms with van der Waals surface area (Å²) < 4.78 is 29.9. The number of aryl methyl sites for hydroxylation is 1. The third kappa shape index (κ3) is 3.40. The zero-order valence-corrected chi connectivity index (χ0v) is 15.4. The van der Waals surface area contributed by atoms with Crippen LogP contribution in [-0.4, -0.2) is 10.8 Å². The van der Waals surface area contributed by atoms with Crippen molar-refractivity contribution in [2.45, 2.75) is 13.8 Å². The second-order valence-electron chi connectivity index (χ2n) is 5.49. The average molecular weight is 436 g/mol. The maximum absolute atomic E-state index is 13.7. The summed E-state index contributed by atoms with van der Waals surface area (Å²) in [7, 11) is 0. The molecule has 0 aliphatic carbocycles. The van der Waals surface area contributed by atoms with Crippen LogP contribution < -0.4 is 0 Å². The third-order valence-corrected chi connectivity index (χ3v) is 4.53. The molecule has 2 aromatic carbocycles. The van der Waals surface area contributed by atoms with Crippen LogP contribution in [0.25, 0.3) is 5.69 Å². The van der Waals surface area contributed by atoms with E-state index in [0.717, 1.165) is 28.7 Å². The van der Waals surface area contributed by atoms with Crippen molar-refractivity contribution in [3.63, 3.8) is 0 Å². The van der Waals surface area contributed by atoms with E-state index in [4.69, 9.17) is 0 Å². The molecule has 0 radical (unpaired) electrons. The Morgan fingerprint density at radius 2 is 1.71 bits per heavy atom. The van der Waals surface area contributed by atoms with Gasteiger partial charge >= 0.3 is 0 Å². The van der Waals surface area contributed by atoms with Gasteiger partial charge in [0.15, 0.2) is 5.82 Å². The van der Waals surface area contributed by atoms with Crippen LogP contribution in [0.3, 0.4) is 0 Å². The van der Waals surface area contributed by atoms with E-state index in [2.05, 4.69) is 56.4 Å². The number of hydrogen-bond donors (Lipinski definition) is 0. The predicted octanol–water partition coefficient (Wildman–Crippen LogP) is 5.73. The van der Waals surface area contributed by atoms with Crippen LogP contribution >= 0.6 is 22.6 Å². The van der Waals surface area contributed by atoms with Gasteiger partial charge in [0.05, 0.1) is 5.69 Å². The largest absolute Gasteiger partial charge is 0.318 e. The lowest BCUT2D eigenvalue weighted by Gasteiger charge is -2.09. The molecule has 2 nitrogen and oxygen atoms in total. The van der Waals surface area contributed by atoms with E-state index in [1.165, 1.54) is 15.7 Å². The highest BCUT2D eigenvalue weighted by atomic mass is 127. The van der Waals surface area contributed by atoms with Crippen molar-refractivity contribution in [1.82, 2.24) is 4.57 Å². The smallest absolute Gasteiger partial charge is 0.151 e. The molecule has 3 rings (SSSR count). The van der Waals surface area contributed by atoms with E-state index in [9.17, 15) is 8.78 Å². The van der Waals surface area contributed by atoms with Crippen molar-refractivity contribution in [3.8, 4) is 5.69 Å². The maximum atomic E-state index is 13.7. The highest BCUT2D eigenvalue weighted by Crippen LogP contribution is 2.22. The van der Waals surface area contributed by atoms with Gasteiger partial charge in [0.2, 0.25) is 0 Å². The Balaban J connectivity index is 1.97. The maximum Gasteiger partial charge on any atom is 0.151 e. The van der Waals surface area contributed by atoms with E-state index < -0.39 is 11.6 Å². The topological polar surface area (TPSA) is 17.3 Å². The molecule has 0 atom stereocenters. The Kier molecular flexibility index (Phi) is 4.80. The van der Waals surface area contributed by atoms with Gasteiger partial charge in [0.25, 0.3) is 0 Å². The molecule has 0 bridgehead atoms. The van der Waals surface area contributed by atoms with E-state index in [1.807, 2.05) is 19.9 Å². The minimum absolute atomic E-state index is 0.121. The number of aromatic nitrogens is 1. The normalized spacial score (nSPS) is 11.4. The number of hydrogen-bond acceptors (Lipinski definition) is 1. The summed E-state index contributed by atoms with van der Waals surface area (Å²) in [5.74, 6) is -1.28. The molecule has 24 heavy (non-hydrogen) atoms. The fourth-order valence-electron chi connectivity index (χ4n) is 2.63. The van der Waals surface area contributed by atoms with Gasteiger partial charge in [0, 0.05) is 38.5 Å². The van der Waals surface area contributed by atoms with Crippen molar-refractivity contribution < 1.29 is 8.78 Å². The summed E-state index contributed by atoms with van der Waals surface area (Å²) in [5, 5.41) is 0. The lowest BCUT2D eigenvalue weighted by molar-refractivity contribution is 0.585. The van der Waals surface area contributed by atoms with Crippen molar-refractivity contribution in [1.29, 1.82) is 0 Å².